The number of nitrogens with zero attached hydrogens (tertiary/aromatic N) is 3. The molecule has 0 aliphatic rings. The van der Waals surface area contributed by atoms with Crippen LogP contribution in [0, 0.1) is 0 Å². The standard InChI is InChI=1S/C42H25N3O/c1-2-12-29-26(10-1)11-9-16-33(29)41-34-15-3-6-17-36(34)43-42(44-41)45-37-18-7-4-13-30(37)31-22-20-28(25-38(31)45)27-21-23-40-35(24-27)32-14-5-8-19-39(32)46-40/h1-25H. The van der Waals surface area contributed by atoms with Crippen molar-refractivity contribution in [2.75, 3.05) is 0 Å². The van der Waals surface area contributed by atoms with Crippen LogP contribution in [0.1, 0.15) is 0 Å². The molecule has 0 atom stereocenters. The fraction of sp³-hybridized carbons (Fsp3) is 0. The summed E-state index contributed by atoms with van der Waals surface area (Å²) in [7, 11) is 0. The Bertz CT molecular complexity index is 2820. The second kappa shape index (κ2) is 9.62. The van der Waals surface area contributed by atoms with Gasteiger partial charge in [0.15, 0.2) is 0 Å². The molecule has 0 bridgehead atoms. The van der Waals surface area contributed by atoms with Crippen molar-refractivity contribution in [2.45, 2.75) is 0 Å². The molecule has 0 saturated heterocycles. The summed E-state index contributed by atoms with van der Waals surface area (Å²) in [5.41, 5.74) is 9.13. The predicted molar refractivity (Wildman–Crippen MR) is 190 cm³/mol. The zero-order valence-electron chi connectivity index (χ0n) is 24.7. The number of fused-ring (bicyclic) bond motifs is 8. The SMILES string of the molecule is c1ccc2c(-c3nc(-n4c5ccccc5c5ccc(-c6ccc7oc8ccccc8c7c6)cc54)nc4ccccc34)cccc2c1. The largest absolute Gasteiger partial charge is 0.456 e. The molecule has 10 rings (SSSR count). The lowest BCUT2D eigenvalue weighted by atomic mass is 9.99. The van der Waals surface area contributed by atoms with Crippen molar-refractivity contribution in [1.29, 1.82) is 0 Å². The Hall–Kier alpha value is -6.26. The molecule has 4 heteroatoms. The molecule has 3 heterocycles. The van der Waals surface area contributed by atoms with Gasteiger partial charge in [-0.2, -0.15) is 0 Å². The number of rotatable bonds is 3. The fourth-order valence-corrected chi connectivity index (χ4v) is 7.07. The van der Waals surface area contributed by atoms with E-state index in [1.54, 1.807) is 0 Å². The Morgan fingerprint density at radius 2 is 1.11 bits per heavy atom. The molecule has 0 unspecified atom stereocenters. The Balaban J connectivity index is 1.25. The molecule has 0 spiro atoms. The van der Waals surface area contributed by atoms with E-state index in [0.29, 0.717) is 5.95 Å². The van der Waals surface area contributed by atoms with E-state index < -0.39 is 0 Å². The first-order chi connectivity index (χ1) is 22.8. The van der Waals surface area contributed by atoms with Crippen molar-refractivity contribution in [3.05, 3.63) is 152 Å². The lowest BCUT2D eigenvalue weighted by Crippen LogP contribution is -2.03. The van der Waals surface area contributed by atoms with Crippen molar-refractivity contribution >= 4 is 65.4 Å². The molecule has 0 aliphatic heterocycles. The van der Waals surface area contributed by atoms with E-state index in [1.165, 1.54) is 16.2 Å². The Labute approximate surface area is 263 Å². The number of hydrogen-bond acceptors (Lipinski definition) is 3. The van der Waals surface area contributed by atoms with Crippen LogP contribution in [0.15, 0.2) is 156 Å². The van der Waals surface area contributed by atoms with Crippen molar-refractivity contribution in [2.24, 2.45) is 0 Å². The lowest BCUT2D eigenvalue weighted by Gasteiger charge is -2.13. The molecule has 7 aromatic carbocycles. The number of benzene rings is 7. The summed E-state index contributed by atoms with van der Waals surface area (Å²) in [4.78, 5) is 10.6. The maximum atomic E-state index is 6.12. The monoisotopic (exact) mass is 587 g/mol. The third-order valence-corrected chi connectivity index (χ3v) is 9.22. The third-order valence-electron chi connectivity index (χ3n) is 9.22. The summed E-state index contributed by atoms with van der Waals surface area (Å²) >= 11 is 0. The summed E-state index contributed by atoms with van der Waals surface area (Å²) in [6.07, 6.45) is 0. The molecule has 0 aliphatic carbocycles. The third kappa shape index (κ3) is 3.67. The highest BCUT2D eigenvalue weighted by molar-refractivity contribution is 6.11. The van der Waals surface area contributed by atoms with E-state index in [4.69, 9.17) is 14.4 Å². The molecule has 46 heavy (non-hydrogen) atoms. The van der Waals surface area contributed by atoms with Crippen LogP contribution < -0.4 is 0 Å². The van der Waals surface area contributed by atoms with Crippen LogP contribution in [0.5, 0.6) is 0 Å². The summed E-state index contributed by atoms with van der Waals surface area (Å²) in [5, 5.41) is 7.97. The Kier molecular flexibility index (Phi) is 5.25. The van der Waals surface area contributed by atoms with Gasteiger partial charge in [-0.1, -0.05) is 115 Å². The maximum Gasteiger partial charge on any atom is 0.235 e. The summed E-state index contributed by atoms with van der Waals surface area (Å²) in [5.74, 6) is 0.654. The van der Waals surface area contributed by atoms with Crippen LogP contribution in [0.25, 0.3) is 93.8 Å². The highest BCUT2D eigenvalue weighted by Gasteiger charge is 2.19. The van der Waals surface area contributed by atoms with Gasteiger partial charge in [-0.3, -0.25) is 4.57 Å². The molecule has 0 saturated carbocycles. The topological polar surface area (TPSA) is 43.9 Å². The number of furan rings is 1. The van der Waals surface area contributed by atoms with Gasteiger partial charge in [0, 0.05) is 32.5 Å². The van der Waals surface area contributed by atoms with E-state index >= 15 is 0 Å². The minimum atomic E-state index is 0.654. The van der Waals surface area contributed by atoms with E-state index in [-0.39, 0.29) is 0 Å². The van der Waals surface area contributed by atoms with Gasteiger partial charge in [0.2, 0.25) is 5.95 Å². The molecule has 3 aromatic heterocycles. The highest BCUT2D eigenvalue weighted by atomic mass is 16.3. The van der Waals surface area contributed by atoms with Gasteiger partial charge in [0.1, 0.15) is 11.2 Å². The lowest BCUT2D eigenvalue weighted by molar-refractivity contribution is 0.669. The summed E-state index contributed by atoms with van der Waals surface area (Å²) < 4.78 is 8.34. The van der Waals surface area contributed by atoms with Crippen LogP contribution in [0.3, 0.4) is 0 Å². The van der Waals surface area contributed by atoms with Gasteiger partial charge < -0.3 is 4.42 Å². The zero-order chi connectivity index (χ0) is 30.2. The smallest absolute Gasteiger partial charge is 0.235 e. The molecular formula is C42H25N3O. The molecule has 0 fully saturated rings. The van der Waals surface area contributed by atoms with E-state index in [9.17, 15) is 0 Å². The molecular weight excluding hydrogens is 562 g/mol. The van der Waals surface area contributed by atoms with Crippen LogP contribution in [-0.4, -0.2) is 14.5 Å². The molecule has 0 radical (unpaired) electrons. The first-order valence-corrected chi connectivity index (χ1v) is 15.5. The first kappa shape index (κ1) is 25.1. The second-order valence-corrected chi connectivity index (χ2v) is 11.8. The minimum Gasteiger partial charge on any atom is -0.456 e. The molecule has 0 N–H and O–H groups in total. The van der Waals surface area contributed by atoms with E-state index in [2.05, 4.69) is 138 Å². The average Bonchev–Trinajstić information content (AvgIpc) is 3.66. The van der Waals surface area contributed by atoms with Crippen molar-refractivity contribution in [3.8, 4) is 28.3 Å². The van der Waals surface area contributed by atoms with E-state index in [0.717, 1.165) is 71.6 Å². The fourth-order valence-electron chi connectivity index (χ4n) is 7.07. The van der Waals surface area contributed by atoms with Gasteiger partial charge in [0.25, 0.3) is 0 Å². The minimum absolute atomic E-state index is 0.654. The normalized spacial score (nSPS) is 11.9. The van der Waals surface area contributed by atoms with Gasteiger partial charge in [-0.15, -0.1) is 0 Å². The van der Waals surface area contributed by atoms with Gasteiger partial charge >= 0.3 is 0 Å². The Morgan fingerprint density at radius 1 is 0.435 bits per heavy atom. The quantitative estimate of drug-likeness (QED) is 0.207. The Morgan fingerprint density at radius 3 is 2.04 bits per heavy atom. The van der Waals surface area contributed by atoms with E-state index in [1.807, 2.05) is 18.2 Å². The first-order valence-electron chi connectivity index (χ1n) is 15.5. The second-order valence-electron chi connectivity index (χ2n) is 11.8. The van der Waals surface area contributed by atoms with Crippen LogP contribution in [-0.2, 0) is 0 Å². The molecule has 4 nitrogen and oxygen atoms in total. The maximum absolute atomic E-state index is 6.12. The molecule has 0 amide bonds. The van der Waals surface area contributed by atoms with Gasteiger partial charge in [-0.05, 0) is 58.3 Å². The predicted octanol–water partition coefficient (Wildman–Crippen LogP) is 11.1. The van der Waals surface area contributed by atoms with Gasteiger partial charge in [-0.25, -0.2) is 9.97 Å². The van der Waals surface area contributed by atoms with Crippen LogP contribution >= 0.6 is 0 Å². The number of para-hydroxylation sites is 3. The molecule has 214 valence electrons. The van der Waals surface area contributed by atoms with Crippen molar-refractivity contribution in [1.82, 2.24) is 14.5 Å². The van der Waals surface area contributed by atoms with Crippen LogP contribution in [0.4, 0.5) is 0 Å². The van der Waals surface area contributed by atoms with Crippen molar-refractivity contribution < 1.29 is 4.42 Å². The zero-order valence-corrected chi connectivity index (χ0v) is 24.7. The van der Waals surface area contributed by atoms with Crippen molar-refractivity contribution in [3.63, 3.8) is 0 Å². The number of hydrogen-bond donors (Lipinski definition) is 0. The number of aromatic nitrogens is 3. The molecule has 10 aromatic rings. The van der Waals surface area contributed by atoms with Gasteiger partial charge in [0.05, 0.1) is 22.2 Å². The summed E-state index contributed by atoms with van der Waals surface area (Å²) in [6, 6.07) is 53.2. The summed E-state index contributed by atoms with van der Waals surface area (Å²) in [6.45, 7) is 0. The van der Waals surface area contributed by atoms with Crippen LogP contribution in [0.2, 0.25) is 0 Å². The highest BCUT2D eigenvalue weighted by Crippen LogP contribution is 2.38. The average molecular weight is 588 g/mol.